The number of nitrogens with zero attached hydrogens (tertiary/aromatic N) is 4. The van der Waals surface area contributed by atoms with Gasteiger partial charge in [0.25, 0.3) is 5.91 Å². The zero-order valence-corrected chi connectivity index (χ0v) is 14.7. The normalized spacial score (nSPS) is 17.2. The van der Waals surface area contributed by atoms with E-state index in [0.717, 1.165) is 35.5 Å². The van der Waals surface area contributed by atoms with Crippen LogP contribution in [0.2, 0.25) is 0 Å². The Balaban J connectivity index is 1.53. The summed E-state index contributed by atoms with van der Waals surface area (Å²) in [6.07, 6.45) is 4.29. The molecule has 0 spiro atoms. The van der Waals surface area contributed by atoms with Gasteiger partial charge in [0.1, 0.15) is 5.52 Å². The summed E-state index contributed by atoms with van der Waals surface area (Å²) in [5.74, 6) is 1.56. The van der Waals surface area contributed by atoms with E-state index in [2.05, 4.69) is 9.55 Å². The number of hydrogen-bond acceptors (Lipinski definition) is 5. The molecule has 0 unspecified atom stereocenters. The van der Waals surface area contributed by atoms with E-state index in [4.69, 9.17) is 9.40 Å². The van der Waals surface area contributed by atoms with E-state index in [0.29, 0.717) is 12.3 Å². The fourth-order valence-electron chi connectivity index (χ4n) is 3.56. The molecule has 0 N–H and O–H groups in total. The Morgan fingerprint density at radius 2 is 2.23 bits per heavy atom. The fourth-order valence-corrected chi connectivity index (χ4v) is 4.19. The molecule has 6 nitrogen and oxygen atoms in total. The lowest BCUT2D eigenvalue weighted by molar-refractivity contribution is 0.0788. The number of likely N-dealkylation sites (tertiary alicyclic amines) is 1. The summed E-state index contributed by atoms with van der Waals surface area (Å²) in [6, 6.07) is 9.59. The molecule has 0 aliphatic carbocycles. The van der Waals surface area contributed by atoms with E-state index < -0.39 is 0 Å². The van der Waals surface area contributed by atoms with E-state index in [1.54, 1.807) is 23.8 Å². The average molecular weight is 364 g/mol. The summed E-state index contributed by atoms with van der Waals surface area (Å²) in [5.41, 5.74) is 2.42. The highest BCUT2D eigenvalue weighted by Gasteiger charge is 2.31. The quantitative estimate of drug-likeness (QED) is 0.554. The summed E-state index contributed by atoms with van der Waals surface area (Å²) < 4.78 is 7.71. The van der Waals surface area contributed by atoms with Crippen LogP contribution in [-0.4, -0.2) is 38.4 Å². The van der Waals surface area contributed by atoms with Gasteiger partial charge in [0.05, 0.1) is 17.9 Å². The van der Waals surface area contributed by atoms with E-state index in [-0.39, 0.29) is 11.9 Å². The lowest BCUT2D eigenvalue weighted by Gasteiger charge is -2.18. The molecule has 1 aliphatic heterocycles. The van der Waals surface area contributed by atoms with Crippen LogP contribution in [0.3, 0.4) is 0 Å². The number of fused-ring (bicyclic) bond motifs is 1. The first-order valence-corrected chi connectivity index (χ1v) is 9.44. The van der Waals surface area contributed by atoms with Gasteiger partial charge >= 0.3 is 0 Å². The molecule has 1 aliphatic rings. The van der Waals surface area contributed by atoms with Crippen LogP contribution in [-0.2, 0) is 0 Å². The largest absolute Gasteiger partial charge is 0.461 e. The monoisotopic (exact) mass is 364 g/mol. The van der Waals surface area contributed by atoms with Gasteiger partial charge in [0.2, 0.25) is 0 Å². The predicted octanol–water partition coefficient (Wildman–Crippen LogP) is 3.84. The highest BCUT2D eigenvalue weighted by Crippen LogP contribution is 2.32. The molecular formula is C19H16N4O2S. The Morgan fingerprint density at radius 1 is 1.27 bits per heavy atom. The van der Waals surface area contributed by atoms with Crippen molar-refractivity contribution in [3.63, 3.8) is 0 Å². The van der Waals surface area contributed by atoms with Crippen LogP contribution < -0.4 is 0 Å². The van der Waals surface area contributed by atoms with Crippen LogP contribution in [0.4, 0.5) is 0 Å². The third-order valence-electron chi connectivity index (χ3n) is 4.77. The minimum Gasteiger partial charge on any atom is -0.461 e. The molecule has 4 aromatic heterocycles. The van der Waals surface area contributed by atoms with Crippen LogP contribution >= 0.6 is 11.3 Å². The number of carbonyl (C=O) groups is 1. The second kappa shape index (κ2) is 6.10. The summed E-state index contributed by atoms with van der Waals surface area (Å²) in [6.45, 7) is 1.37. The summed E-state index contributed by atoms with van der Waals surface area (Å²) in [5, 5.41) is 3.83. The Hall–Kier alpha value is -2.93. The number of imidazole rings is 1. The minimum atomic E-state index is 0.0886. The number of pyridine rings is 1. The third-order valence-corrected chi connectivity index (χ3v) is 5.46. The molecule has 4 aromatic rings. The van der Waals surface area contributed by atoms with Gasteiger partial charge in [-0.1, -0.05) is 0 Å². The molecule has 7 heteroatoms. The maximum absolute atomic E-state index is 12.7. The second-order valence-electron chi connectivity index (χ2n) is 6.33. The summed E-state index contributed by atoms with van der Waals surface area (Å²) in [7, 11) is 0. The van der Waals surface area contributed by atoms with Gasteiger partial charge < -0.3 is 13.9 Å². The van der Waals surface area contributed by atoms with Crippen molar-refractivity contribution >= 4 is 28.4 Å². The molecule has 0 radical (unpaired) electrons. The zero-order valence-electron chi connectivity index (χ0n) is 13.9. The molecule has 0 saturated carbocycles. The van der Waals surface area contributed by atoms with Crippen LogP contribution in [0.5, 0.6) is 0 Å². The lowest BCUT2D eigenvalue weighted by Crippen LogP contribution is -2.28. The molecule has 1 amide bonds. The van der Waals surface area contributed by atoms with E-state index >= 15 is 0 Å². The Morgan fingerprint density at radius 3 is 3.04 bits per heavy atom. The maximum Gasteiger partial charge on any atom is 0.254 e. The predicted molar refractivity (Wildman–Crippen MR) is 99.1 cm³/mol. The SMILES string of the molecule is O=C(c1ccsc1)N1CC[C@@H](n2c(-c3ccco3)nc3cccnc32)C1. The number of amides is 1. The van der Waals surface area contributed by atoms with Crippen LogP contribution in [0.15, 0.2) is 58.0 Å². The molecule has 1 saturated heterocycles. The van der Waals surface area contributed by atoms with E-state index in [1.807, 2.05) is 46.0 Å². The highest BCUT2D eigenvalue weighted by molar-refractivity contribution is 7.08. The van der Waals surface area contributed by atoms with Crippen molar-refractivity contribution < 1.29 is 9.21 Å². The van der Waals surface area contributed by atoms with Crippen molar-refractivity contribution in [2.24, 2.45) is 0 Å². The number of aromatic nitrogens is 3. The summed E-state index contributed by atoms with van der Waals surface area (Å²) >= 11 is 1.54. The topological polar surface area (TPSA) is 64.2 Å². The molecule has 1 atom stereocenters. The number of carbonyl (C=O) groups excluding carboxylic acids is 1. The molecule has 5 rings (SSSR count). The van der Waals surface area contributed by atoms with E-state index in [9.17, 15) is 4.79 Å². The smallest absolute Gasteiger partial charge is 0.254 e. The van der Waals surface area contributed by atoms with Gasteiger partial charge in [0, 0.05) is 24.7 Å². The van der Waals surface area contributed by atoms with E-state index in [1.165, 1.54) is 0 Å². The van der Waals surface area contributed by atoms with Gasteiger partial charge in [-0.25, -0.2) is 9.97 Å². The Kier molecular flexibility index (Phi) is 3.60. The standard InChI is InChI=1S/C19H16N4O2S/c24-19(13-6-10-26-12-13)22-8-5-14(11-22)23-17-15(3-1-7-20-17)21-18(23)16-4-2-9-25-16/h1-4,6-7,9-10,12,14H,5,8,11H2/t14-/m1/s1. The zero-order chi connectivity index (χ0) is 17.5. The fraction of sp³-hybridized carbons (Fsp3) is 0.211. The van der Waals surface area contributed by atoms with Crippen molar-refractivity contribution in [2.45, 2.75) is 12.5 Å². The van der Waals surface area contributed by atoms with Crippen molar-refractivity contribution in [3.05, 3.63) is 59.1 Å². The van der Waals surface area contributed by atoms with Gasteiger partial charge in [-0.3, -0.25) is 4.79 Å². The molecule has 0 bridgehead atoms. The average Bonchev–Trinajstić information content (AvgIpc) is 3.47. The van der Waals surface area contributed by atoms with Crippen molar-refractivity contribution in [3.8, 4) is 11.6 Å². The number of hydrogen-bond donors (Lipinski definition) is 0. The molecule has 130 valence electrons. The Bertz CT molecular complexity index is 1050. The van der Waals surface area contributed by atoms with Crippen LogP contribution in [0, 0.1) is 0 Å². The molecule has 5 heterocycles. The molecule has 1 fully saturated rings. The lowest BCUT2D eigenvalue weighted by atomic mass is 10.2. The first kappa shape index (κ1) is 15.3. The third kappa shape index (κ3) is 2.43. The van der Waals surface area contributed by atoms with Crippen LogP contribution in [0.25, 0.3) is 22.7 Å². The molecule has 26 heavy (non-hydrogen) atoms. The summed E-state index contributed by atoms with van der Waals surface area (Å²) in [4.78, 5) is 23.8. The van der Waals surface area contributed by atoms with Crippen molar-refractivity contribution in [2.75, 3.05) is 13.1 Å². The van der Waals surface area contributed by atoms with Gasteiger partial charge in [-0.05, 0) is 42.1 Å². The van der Waals surface area contributed by atoms with Gasteiger partial charge in [-0.2, -0.15) is 11.3 Å². The first-order chi connectivity index (χ1) is 12.8. The second-order valence-corrected chi connectivity index (χ2v) is 7.11. The molecular weight excluding hydrogens is 348 g/mol. The number of furan rings is 1. The number of rotatable bonds is 3. The van der Waals surface area contributed by atoms with Crippen LogP contribution in [0.1, 0.15) is 22.8 Å². The number of thiophene rings is 1. The molecule has 0 aromatic carbocycles. The maximum atomic E-state index is 12.7. The van der Waals surface area contributed by atoms with Gasteiger partial charge in [-0.15, -0.1) is 0 Å². The van der Waals surface area contributed by atoms with Crippen molar-refractivity contribution in [1.29, 1.82) is 0 Å². The van der Waals surface area contributed by atoms with Crippen molar-refractivity contribution in [1.82, 2.24) is 19.4 Å². The van der Waals surface area contributed by atoms with Gasteiger partial charge in [0.15, 0.2) is 17.2 Å². The highest BCUT2D eigenvalue weighted by atomic mass is 32.1. The first-order valence-electron chi connectivity index (χ1n) is 8.49. The minimum absolute atomic E-state index is 0.0886. The Labute approximate surface area is 153 Å².